The standard InChI is InChI=1S/C6H8O5/c7-3-1-6(10)11-4(3)2-5(8)9/h3-4,7H,1-2H2,(H,8,9). The summed E-state index contributed by atoms with van der Waals surface area (Å²) in [5.41, 5.74) is 0. The number of carboxylic acid groups (broad SMARTS) is 1. The van der Waals surface area contributed by atoms with Crippen molar-refractivity contribution in [2.45, 2.75) is 25.0 Å². The van der Waals surface area contributed by atoms with Crippen LogP contribution in [0.4, 0.5) is 0 Å². The lowest BCUT2D eigenvalue weighted by atomic mass is 10.1. The monoisotopic (exact) mass is 160 g/mol. The summed E-state index contributed by atoms with van der Waals surface area (Å²) in [5, 5.41) is 17.3. The molecule has 2 N–H and O–H groups in total. The lowest BCUT2D eigenvalue weighted by Gasteiger charge is -2.08. The first-order valence-corrected chi connectivity index (χ1v) is 3.19. The molecule has 1 rings (SSSR count). The Hall–Kier alpha value is -1.10. The number of aliphatic hydroxyl groups excluding tert-OH is 1. The molecule has 0 bridgehead atoms. The van der Waals surface area contributed by atoms with E-state index >= 15 is 0 Å². The van der Waals surface area contributed by atoms with Crippen LogP contribution in [0.2, 0.25) is 0 Å². The molecule has 1 aliphatic heterocycles. The molecule has 0 spiro atoms. The number of cyclic esters (lactones) is 1. The maximum Gasteiger partial charge on any atom is 0.308 e. The van der Waals surface area contributed by atoms with Crippen molar-refractivity contribution in [3.8, 4) is 0 Å². The van der Waals surface area contributed by atoms with Gasteiger partial charge in [0.1, 0.15) is 12.2 Å². The third-order valence-corrected chi connectivity index (χ3v) is 1.46. The second-order valence-electron chi connectivity index (χ2n) is 2.40. The van der Waals surface area contributed by atoms with E-state index in [1.54, 1.807) is 0 Å². The highest BCUT2D eigenvalue weighted by atomic mass is 16.6. The molecular weight excluding hydrogens is 152 g/mol. The molecule has 0 saturated carbocycles. The van der Waals surface area contributed by atoms with E-state index < -0.39 is 24.1 Å². The van der Waals surface area contributed by atoms with Crippen molar-refractivity contribution in [3.63, 3.8) is 0 Å². The van der Waals surface area contributed by atoms with Crippen LogP contribution in [0, 0.1) is 0 Å². The Kier molecular flexibility index (Phi) is 2.09. The predicted octanol–water partition coefficient (Wildman–Crippen LogP) is -0.863. The van der Waals surface area contributed by atoms with E-state index in [0.29, 0.717) is 0 Å². The van der Waals surface area contributed by atoms with Gasteiger partial charge in [-0.3, -0.25) is 9.59 Å². The Morgan fingerprint density at radius 2 is 2.36 bits per heavy atom. The average Bonchev–Trinajstić information content (AvgIpc) is 2.09. The zero-order valence-electron chi connectivity index (χ0n) is 5.69. The number of ether oxygens (including phenoxy) is 1. The fraction of sp³-hybridized carbons (Fsp3) is 0.667. The van der Waals surface area contributed by atoms with Crippen molar-refractivity contribution < 1.29 is 24.5 Å². The highest BCUT2D eigenvalue weighted by molar-refractivity contribution is 5.74. The van der Waals surface area contributed by atoms with Gasteiger partial charge in [-0.25, -0.2) is 0 Å². The van der Waals surface area contributed by atoms with Crippen LogP contribution in [-0.4, -0.2) is 34.4 Å². The van der Waals surface area contributed by atoms with E-state index in [2.05, 4.69) is 4.74 Å². The number of carbonyl (C=O) groups excluding carboxylic acids is 1. The Bertz CT molecular complexity index is 187. The summed E-state index contributed by atoms with van der Waals surface area (Å²) < 4.78 is 4.51. The molecule has 0 aromatic heterocycles. The first-order valence-electron chi connectivity index (χ1n) is 3.19. The maximum atomic E-state index is 10.5. The fourth-order valence-corrected chi connectivity index (χ4v) is 0.948. The summed E-state index contributed by atoms with van der Waals surface area (Å²) in [4.78, 5) is 20.6. The van der Waals surface area contributed by atoms with Gasteiger partial charge in [-0.15, -0.1) is 0 Å². The van der Waals surface area contributed by atoms with Gasteiger partial charge in [0.05, 0.1) is 12.8 Å². The minimum atomic E-state index is -1.08. The second-order valence-corrected chi connectivity index (χ2v) is 2.40. The number of hydrogen-bond acceptors (Lipinski definition) is 4. The molecule has 0 aromatic carbocycles. The Morgan fingerprint density at radius 3 is 2.73 bits per heavy atom. The van der Waals surface area contributed by atoms with E-state index in [1.807, 2.05) is 0 Å². The quantitative estimate of drug-likeness (QED) is 0.513. The normalized spacial score (nSPS) is 30.1. The van der Waals surface area contributed by atoms with Gasteiger partial charge in [-0.2, -0.15) is 0 Å². The van der Waals surface area contributed by atoms with Crippen LogP contribution in [0.5, 0.6) is 0 Å². The summed E-state index contributed by atoms with van der Waals surface area (Å²) in [5.74, 6) is -1.62. The van der Waals surface area contributed by atoms with Gasteiger partial charge in [0.25, 0.3) is 0 Å². The fourth-order valence-electron chi connectivity index (χ4n) is 0.948. The molecular formula is C6H8O5. The van der Waals surface area contributed by atoms with Crippen LogP contribution in [0.25, 0.3) is 0 Å². The molecule has 0 aromatic rings. The van der Waals surface area contributed by atoms with E-state index in [4.69, 9.17) is 10.2 Å². The van der Waals surface area contributed by atoms with Crippen molar-refractivity contribution in [1.29, 1.82) is 0 Å². The van der Waals surface area contributed by atoms with Gasteiger partial charge in [0, 0.05) is 0 Å². The molecule has 62 valence electrons. The lowest BCUT2D eigenvalue weighted by Crippen LogP contribution is -2.23. The highest BCUT2D eigenvalue weighted by Gasteiger charge is 2.34. The molecule has 1 heterocycles. The summed E-state index contributed by atoms with van der Waals surface area (Å²) in [6.07, 6.45) is -2.25. The summed E-state index contributed by atoms with van der Waals surface area (Å²) in [6, 6.07) is 0. The summed E-state index contributed by atoms with van der Waals surface area (Å²) in [6.45, 7) is 0. The number of aliphatic hydroxyl groups is 1. The van der Waals surface area contributed by atoms with E-state index in [0.717, 1.165) is 0 Å². The summed E-state index contributed by atoms with van der Waals surface area (Å²) >= 11 is 0. The third-order valence-electron chi connectivity index (χ3n) is 1.46. The predicted molar refractivity (Wildman–Crippen MR) is 32.8 cm³/mol. The topological polar surface area (TPSA) is 83.8 Å². The van der Waals surface area contributed by atoms with E-state index in [-0.39, 0.29) is 12.8 Å². The number of rotatable bonds is 2. The lowest BCUT2D eigenvalue weighted by molar-refractivity contribution is -0.146. The van der Waals surface area contributed by atoms with E-state index in [9.17, 15) is 9.59 Å². The van der Waals surface area contributed by atoms with Gasteiger partial charge < -0.3 is 14.9 Å². The van der Waals surface area contributed by atoms with Crippen molar-refractivity contribution in [2.75, 3.05) is 0 Å². The van der Waals surface area contributed by atoms with Crippen LogP contribution in [0.1, 0.15) is 12.8 Å². The summed E-state index contributed by atoms with van der Waals surface area (Å²) in [7, 11) is 0. The molecule has 11 heavy (non-hydrogen) atoms. The number of carboxylic acids is 1. The number of carbonyl (C=O) groups is 2. The largest absolute Gasteiger partial charge is 0.481 e. The van der Waals surface area contributed by atoms with Gasteiger partial charge >= 0.3 is 11.9 Å². The molecule has 2 atom stereocenters. The minimum Gasteiger partial charge on any atom is -0.481 e. The zero-order valence-corrected chi connectivity index (χ0v) is 5.69. The van der Waals surface area contributed by atoms with Crippen LogP contribution in [-0.2, 0) is 14.3 Å². The van der Waals surface area contributed by atoms with Crippen LogP contribution < -0.4 is 0 Å². The number of hydrogen-bond donors (Lipinski definition) is 2. The number of aliphatic carboxylic acids is 1. The molecule has 0 aliphatic carbocycles. The van der Waals surface area contributed by atoms with Crippen LogP contribution in [0.3, 0.4) is 0 Å². The molecule has 1 saturated heterocycles. The molecule has 1 aliphatic rings. The van der Waals surface area contributed by atoms with Crippen molar-refractivity contribution in [1.82, 2.24) is 0 Å². The van der Waals surface area contributed by atoms with Gasteiger partial charge in [-0.05, 0) is 0 Å². The third kappa shape index (κ3) is 1.91. The van der Waals surface area contributed by atoms with Crippen LogP contribution in [0.15, 0.2) is 0 Å². The molecule has 2 unspecified atom stereocenters. The Labute approximate surface area is 62.6 Å². The molecule has 5 heteroatoms. The maximum absolute atomic E-state index is 10.5. The molecule has 5 nitrogen and oxygen atoms in total. The highest BCUT2D eigenvalue weighted by Crippen LogP contribution is 2.17. The van der Waals surface area contributed by atoms with Gasteiger partial charge in [0.2, 0.25) is 0 Å². The minimum absolute atomic E-state index is 0.0993. The second kappa shape index (κ2) is 2.87. The zero-order chi connectivity index (χ0) is 8.43. The van der Waals surface area contributed by atoms with Crippen molar-refractivity contribution >= 4 is 11.9 Å². The van der Waals surface area contributed by atoms with Crippen molar-refractivity contribution in [3.05, 3.63) is 0 Å². The number of esters is 1. The molecule has 0 amide bonds. The van der Waals surface area contributed by atoms with E-state index in [1.165, 1.54) is 0 Å². The van der Waals surface area contributed by atoms with Gasteiger partial charge in [0.15, 0.2) is 0 Å². The smallest absolute Gasteiger partial charge is 0.308 e. The van der Waals surface area contributed by atoms with Crippen LogP contribution >= 0.6 is 0 Å². The van der Waals surface area contributed by atoms with Gasteiger partial charge in [-0.1, -0.05) is 0 Å². The molecule has 0 radical (unpaired) electrons. The Balaban J connectivity index is 2.46. The Morgan fingerprint density at radius 1 is 1.73 bits per heavy atom. The first kappa shape index (κ1) is 8.00. The SMILES string of the molecule is O=C(O)CC1OC(=O)CC1O. The molecule has 1 fully saturated rings. The average molecular weight is 160 g/mol. The van der Waals surface area contributed by atoms with Crippen molar-refractivity contribution in [2.24, 2.45) is 0 Å². The first-order chi connectivity index (χ1) is 5.09.